The molecular formula is C13H10Cl2FNO. The molecule has 94 valence electrons. The maximum atomic E-state index is 13.0. The summed E-state index contributed by atoms with van der Waals surface area (Å²) >= 11 is 11.8. The molecule has 0 unspecified atom stereocenters. The lowest BCUT2D eigenvalue weighted by Gasteiger charge is -2.10. The first-order valence-electron chi connectivity index (χ1n) is 5.22. The predicted octanol–water partition coefficient (Wildman–Crippen LogP) is 4.45. The van der Waals surface area contributed by atoms with Crippen LogP contribution in [0.4, 0.5) is 10.1 Å². The molecule has 2 N–H and O–H groups in total. The van der Waals surface area contributed by atoms with Gasteiger partial charge in [-0.3, -0.25) is 0 Å². The van der Waals surface area contributed by atoms with Crippen molar-refractivity contribution in [3.63, 3.8) is 0 Å². The van der Waals surface area contributed by atoms with Gasteiger partial charge in [0.1, 0.15) is 11.6 Å². The molecule has 2 nitrogen and oxygen atoms in total. The highest BCUT2D eigenvalue weighted by Gasteiger charge is 2.05. The molecule has 0 amide bonds. The molecular weight excluding hydrogens is 276 g/mol. The van der Waals surface area contributed by atoms with E-state index in [1.807, 2.05) is 0 Å². The van der Waals surface area contributed by atoms with Crippen molar-refractivity contribution < 1.29 is 9.50 Å². The summed E-state index contributed by atoms with van der Waals surface area (Å²) in [6.07, 6.45) is 0. The Hall–Kier alpha value is -1.45. The molecule has 0 saturated heterocycles. The van der Waals surface area contributed by atoms with Crippen LogP contribution in [0.15, 0.2) is 36.4 Å². The fraction of sp³-hybridized carbons (Fsp3) is 0.0769. The van der Waals surface area contributed by atoms with Gasteiger partial charge in [0.15, 0.2) is 0 Å². The third kappa shape index (κ3) is 3.06. The molecule has 0 aliphatic rings. The normalized spacial score (nSPS) is 10.4. The molecule has 0 bridgehead atoms. The first-order valence-corrected chi connectivity index (χ1v) is 5.98. The second kappa shape index (κ2) is 5.46. The average Bonchev–Trinajstić information content (AvgIpc) is 2.32. The van der Waals surface area contributed by atoms with Gasteiger partial charge in [-0.1, -0.05) is 23.2 Å². The highest BCUT2D eigenvalue weighted by molar-refractivity contribution is 6.36. The Labute approximate surface area is 114 Å². The molecule has 0 aromatic heterocycles. The first-order chi connectivity index (χ1) is 8.56. The summed E-state index contributed by atoms with van der Waals surface area (Å²) in [5, 5.41) is 13.6. The molecule has 2 aromatic rings. The van der Waals surface area contributed by atoms with Gasteiger partial charge in [0, 0.05) is 17.1 Å². The van der Waals surface area contributed by atoms with Gasteiger partial charge in [-0.2, -0.15) is 0 Å². The first kappa shape index (κ1) is 13.0. The molecule has 0 atom stereocenters. The van der Waals surface area contributed by atoms with E-state index in [9.17, 15) is 9.50 Å². The maximum absolute atomic E-state index is 13.0. The van der Waals surface area contributed by atoms with Crippen LogP contribution in [-0.2, 0) is 6.54 Å². The Kier molecular flexibility index (Phi) is 3.94. The van der Waals surface area contributed by atoms with E-state index < -0.39 is 5.82 Å². The van der Waals surface area contributed by atoms with Gasteiger partial charge in [0.25, 0.3) is 0 Å². The van der Waals surface area contributed by atoms with Gasteiger partial charge in [-0.15, -0.1) is 0 Å². The minimum atomic E-state index is -0.396. The van der Waals surface area contributed by atoms with Crippen molar-refractivity contribution in [2.45, 2.75) is 6.54 Å². The Morgan fingerprint density at radius 3 is 2.61 bits per heavy atom. The van der Waals surface area contributed by atoms with Gasteiger partial charge in [0.05, 0.1) is 10.7 Å². The topological polar surface area (TPSA) is 32.3 Å². The van der Waals surface area contributed by atoms with E-state index >= 15 is 0 Å². The number of benzene rings is 2. The summed E-state index contributed by atoms with van der Waals surface area (Å²) in [7, 11) is 0. The largest absolute Gasteiger partial charge is 0.508 e. The van der Waals surface area contributed by atoms with Crippen molar-refractivity contribution in [1.29, 1.82) is 0 Å². The zero-order chi connectivity index (χ0) is 13.1. The Bertz CT molecular complexity index is 575. The number of phenols is 1. The van der Waals surface area contributed by atoms with Crippen molar-refractivity contribution >= 4 is 28.9 Å². The summed E-state index contributed by atoms with van der Waals surface area (Å²) in [4.78, 5) is 0. The smallest absolute Gasteiger partial charge is 0.123 e. The van der Waals surface area contributed by atoms with E-state index in [-0.39, 0.29) is 12.3 Å². The summed E-state index contributed by atoms with van der Waals surface area (Å²) < 4.78 is 13.0. The van der Waals surface area contributed by atoms with E-state index in [1.54, 1.807) is 18.2 Å². The zero-order valence-electron chi connectivity index (χ0n) is 9.25. The molecule has 0 saturated carbocycles. The average molecular weight is 286 g/mol. The third-order valence-electron chi connectivity index (χ3n) is 2.44. The second-order valence-electron chi connectivity index (χ2n) is 3.75. The van der Waals surface area contributed by atoms with E-state index in [2.05, 4.69) is 5.32 Å². The number of anilines is 1. The molecule has 0 fully saturated rings. The van der Waals surface area contributed by atoms with Gasteiger partial charge < -0.3 is 10.4 Å². The lowest BCUT2D eigenvalue weighted by molar-refractivity contribution is 0.466. The summed E-state index contributed by atoms with van der Waals surface area (Å²) in [6.45, 7) is 0.269. The number of nitrogens with one attached hydrogen (secondary N) is 1. The van der Waals surface area contributed by atoms with Crippen LogP contribution in [0.3, 0.4) is 0 Å². The second-order valence-corrected chi connectivity index (χ2v) is 4.59. The molecule has 0 aliphatic heterocycles. The molecule has 0 radical (unpaired) electrons. The Balaban J connectivity index is 2.13. The van der Waals surface area contributed by atoms with Crippen LogP contribution in [0.2, 0.25) is 10.0 Å². The van der Waals surface area contributed by atoms with Crippen LogP contribution in [0.25, 0.3) is 0 Å². The van der Waals surface area contributed by atoms with Crippen LogP contribution >= 0.6 is 23.2 Å². The van der Waals surface area contributed by atoms with Crippen LogP contribution in [0, 0.1) is 5.82 Å². The zero-order valence-corrected chi connectivity index (χ0v) is 10.8. The van der Waals surface area contributed by atoms with E-state index in [0.717, 1.165) is 0 Å². The van der Waals surface area contributed by atoms with Crippen molar-refractivity contribution in [2.75, 3.05) is 5.32 Å². The fourth-order valence-corrected chi connectivity index (χ4v) is 1.99. The van der Waals surface area contributed by atoms with Gasteiger partial charge in [-0.25, -0.2) is 4.39 Å². The van der Waals surface area contributed by atoms with Crippen LogP contribution in [0.1, 0.15) is 5.56 Å². The highest BCUT2D eigenvalue weighted by Crippen LogP contribution is 2.27. The lowest BCUT2D eigenvalue weighted by Crippen LogP contribution is -2.00. The number of phenolic OH excluding ortho intramolecular Hbond substituents is 1. The van der Waals surface area contributed by atoms with E-state index in [1.165, 1.54) is 18.2 Å². The van der Waals surface area contributed by atoms with Crippen LogP contribution in [-0.4, -0.2) is 5.11 Å². The number of rotatable bonds is 3. The summed E-state index contributed by atoms with van der Waals surface area (Å²) in [5.41, 5.74) is 1.13. The molecule has 0 spiro atoms. The minimum absolute atomic E-state index is 0.0361. The van der Waals surface area contributed by atoms with Crippen LogP contribution < -0.4 is 5.32 Å². The number of halogens is 3. The lowest BCUT2D eigenvalue weighted by atomic mass is 10.2. The summed E-state index contributed by atoms with van der Waals surface area (Å²) in [5.74, 6) is -0.360. The Morgan fingerprint density at radius 1 is 1.11 bits per heavy atom. The summed E-state index contributed by atoms with van der Waals surface area (Å²) in [6, 6.07) is 8.81. The van der Waals surface area contributed by atoms with E-state index in [0.29, 0.717) is 21.3 Å². The van der Waals surface area contributed by atoms with Gasteiger partial charge >= 0.3 is 0 Å². The fourth-order valence-electron chi connectivity index (χ4n) is 1.52. The SMILES string of the molecule is Oc1ccc(F)cc1CNc1ccc(Cl)cc1Cl. The number of hydrogen-bond donors (Lipinski definition) is 2. The van der Waals surface area contributed by atoms with Crippen molar-refractivity contribution in [2.24, 2.45) is 0 Å². The standard InChI is InChI=1S/C13H10Cl2FNO/c14-9-1-3-12(11(15)6-9)17-7-8-5-10(16)2-4-13(8)18/h1-6,17-18H,7H2. The molecule has 2 aromatic carbocycles. The monoisotopic (exact) mass is 285 g/mol. The molecule has 0 heterocycles. The minimum Gasteiger partial charge on any atom is -0.508 e. The molecule has 18 heavy (non-hydrogen) atoms. The Morgan fingerprint density at radius 2 is 1.89 bits per heavy atom. The van der Waals surface area contributed by atoms with E-state index in [4.69, 9.17) is 23.2 Å². The quantitative estimate of drug-likeness (QED) is 0.873. The molecule has 2 rings (SSSR count). The molecule has 5 heteroatoms. The molecule has 0 aliphatic carbocycles. The van der Waals surface area contributed by atoms with Gasteiger partial charge in [-0.05, 0) is 36.4 Å². The maximum Gasteiger partial charge on any atom is 0.123 e. The van der Waals surface area contributed by atoms with Crippen molar-refractivity contribution in [3.05, 3.63) is 57.8 Å². The highest BCUT2D eigenvalue weighted by atomic mass is 35.5. The van der Waals surface area contributed by atoms with Gasteiger partial charge in [0.2, 0.25) is 0 Å². The van der Waals surface area contributed by atoms with Crippen molar-refractivity contribution in [1.82, 2.24) is 0 Å². The van der Waals surface area contributed by atoms with Crippen molar-refractivity contribution in [3.8, 4) is 5.75 Å². The number of hydrogen-bond acceptors (Lipinski definition) is 2. The number of aromatic hydroxyl groups is 1. The third-order valence-corrected chi connectivity index (χ3v) is 2.99. The predicted molar refractivity (Wildman–Crippen MR) is 71.9 cm³/mol. The van der Waals surface area contributed by atoms with Crippen LogP contribution in [0.5, 0.6) is 5.75 Å².